The van der Waals surface area contributed by atoms with Gasteiger partial charge in [0.05, 0.1) is 0 Å². The number of hydrogen-bond donors (Lipinski definition) is 4. The van der Waals surface area contributed by atoms with Crippen LogP contribution in [0.1, 0.15) is 0 Å². The van der Waals surface area contributed by atoms with Crippen LogP contribution < -0.4 is 0 Å². The van der Waals surface area contributed by atoms with Crippen molar-refractivity contribution in [3.63, 3.8) is 0 Å². The highest BCUT2D eigenvalue weighted by molar-refractivity contribution is 7.86. The fraction of sp³-hybridized carbons (Fsp3) is 0. The highest BCUT2D eigenvalue weighted by Crippen LogP contribution is 2.41. The van der Waals surface area contributed by atoms with Crippen LogP contribution in [0.25, 0.3) is 10.8 Å². The number of halogens is 1. The van der Waals surface area contributed by atoms with Gasteiger partial charge in [0.15, 0.2) is 11.5 Å². The summed E-state index contributed by atoms with van der Waals surface area (Å²) in [6, 6.07) is 9.47. The van der Waals surface area contributed by atoms with E-state index in [1.165, 1.54) is 18.2 Å². The van der Waals surface area contributed by atoms with E-state index in [1.807, 2.05) is 0 Å². The van der Waals surface area contributed by atoms with Crippen molar-refractivity contribution >= 4 is 43.9 Å². The summed E-state index contributed by atoms with van der Waals surface area (Å²) in [4.78, 5) is -0.813. The molecule has 0 spiro atoms. The summed E-state index contributed by atoms with van der Waals surface area (Å²) in [5.41, 5.74) is -0.309. The second kappa shape index (κ2) is 6.45. The van der Waals surface area contributed by atoms with Gasteiger partial charge in [-0.15, -0.1) is 10.2 Å². The van der Waals surface area contributed by atoms with Gasteiger partial charge in [-0.3, -0.25) is 4.55 Å². The van der Waals surface area contributed by atoms with Crippen LogP contribution in [0.2, 0.25) is 5.02 Å². The van der Waals surface area contributed by atoms with E-state index in [0.29, 0.717) is 10.8 Å². The molecule has 0 heterocycles. The Labute approximate surface area is 152 Å². The van der Waals surface area contributed by atoms with Crippen LogP contribution in [0.4, 0.5) is 11.4 Å². The molecular formula is C16H11ClN2O6S. The summed E-state index contributed by atoms with van der Waals surface area (Å²) in [5.74, 6) is -1.12. The van der Waals surface area contributed by atoms with Crippen LogP contribution in [-0.2, 0) is 10.1 Å². The molecule has 4 N–H and O–H groups in total. The molecule has 0 aliphatic rings. The van der Waals surface area contributed by atoms with Crippen LogP contribution in [0.15, 0.2) is 57.6 Å². The Morgan fingerprint density at radius 3 is 2.23 bits per heavy atom. The SMILES string of the molecule is O=S(=O)(O)c1cc(Cl)cc(N=Nc2ccc3c(O)cccc3c2O)c1O. The van der Waals surface area contributed by atoms with Crippen molar-refractivity contribution in [2.75, 3.05) is 0 Å². The average molecular weight is 395 g/mol. The second-order valence-corrected chi connectivity index (χ2v) is 7.08. The molecule has 26 heavy (non-hydrogen) atoms. The van der Waals surface area contributed by atoms with E-state index in [2.05, 4.69) is 10.2 Å². The first-order valence-electron chi connectivity index (χ1n) is 7.04. The molecule has 3 aromatic carbocycles. The van der Waals surface area contributed by atoms with E-state index in [4.69, 9.17) is 16.2 Å². The van der Waals surface area contributed by atoms with Crippen LogP contribution in [0.5, 0.6) is 17.2 Å². The molecular weight excluding hydrogens is 384 g/mol. The highest BCUT2D eigenvalue weighted by Gasteiger charge is 2.20. The number of fused-ring (bicyclic) bond motifs is 1. The summed E-state index contributed by atoms with van der Waals surface area (Å²) in [6.45, 7) is 0. The minimum atomic E-state index is -4.72. The fourth-order valence-electron chi connectivity index (χ4n) is 2.34. The van der Waals surface area contributed by atoms with Gasteiger partial charge in [0.25, 0.3) is 10.1 Å². The van der Waals surface area contributed by atoms with Gasteiger partial charge in [-0.25, -0.2) is 0 Å². The molecule has 0 aromatic heterocycles. The monoisotopic (exact) mass is 394 g/mol. The quantitative estimate of drug-likeness (QED) is 0.386. The molecule has 0 saturated heterocycles. The standard InChI is InChI=1S/C16H11ClN2O6S/c17-8-6-12(16(22)14(7-8)26(23,24)25)19-18-11-5-4-9-10(15(11)21)2-1-3-13(9)20/h1-7,20-22H,(H,23,24,25). The van der Waals surface area contributed by atoms with E-state index in [9.17, 15) is 23.7 Å². The number of aromatic hydroxyl groups is 3. The molecule has 0 aliphatic carbocycles. The molecule has 0 unspecified atom stereocenters. The first kappa shape index (κ1) is 17.9. The van der Waals surface area contributed by atoms with Crippen molar-refractivity contribution in [3.8, 4) is 17.2 Å². The number of phenolic OH excluding ortho intramolecular Hbond substituents is 3. The summed E-state index contributed by atoms with van der Waals surface area (Å²) < 4.78 is 31.6. The van der Waals surface area contributed by atoms with E-state index in [0.717, 1.165) is 12.1 Å². The fourth-order valence-corrected chi connectivity index (χ4v) is 3.24. The zero-order chi connectivity index (χ0) is 19.1. The number of benzene rings is 3. The van der Waals surface area contributed by atoms with Crippen LogP contribution in [-0.4, -0.2) is 28.3 Å². The maximum atomic E-state index is 11.3. The van der Waals surface area contributed by atoms with Crippen molar-refractivity contribution < 1.29 is 28.3 Å². The molecule has 0 saturated carbocycles. The molecule has 134 valence electrons. The minimum absolute atomic E-state index is 0.0101. The lowest BCUT2D eigenvalue weighted by Crippen LogP contribution is -1.98. The lowest BCUT2D eigenvalue weighted by molar-refractivity contribution is 0.444. The minimum Gasteiger partial charge on any atom is -0.507 e. The van der Waals surface area contributed by atoms with Gasteiger partial charge in [-0.2, -0.15) is 8.42 Å². The topological polar surface area (TPSA) is 140 Å². The second-order valence-electron chi connectivity index (χ2n) is 5.25. The summed E-state index contributed by atoms with van der Waals surface area (Å²) >= 11 is 5.77. The summed E-state index contributed by atoms with van der Waals surface area (Å²) in [7, 11) is -4.72. The van der Waals surface area contributed by atoms with Crippen molar-refractivity contribution in [3.05, 3.63) is 47.5 Å². The van der Waals surface area contributed by atoms with Gasteiger partial charge in [-0.05, 0) is 30.3 Å². The zero-order valence-electron chi connectivity index (χ0n) is 12.8. The smallest absolute Gasteiger partial charge is 0.298 e. The number of nitrogens with zero attached hydrogens (tertiary/aromatic N) is 2. The Bertz CT molecular complexity index is 1160. The molecule has 3 rings (SSSR count). The van der Waals surface area contributed by atoms with E-state index >= 15 is 0 Å². The Morgan fingerprint density at radius 2 is 1.54 bits per heavy atom. The average Bonchev–Trinajstić information content (AvgIpc) is 2.56. The van der Waals surface area contributed by atoms with Crippen LogP contribution >= 0.6 is 11.6 Å². The lowest BCUT2D eigenvalue weighted by atomic mass is 10.1. The van der Waals surface area contributed by atoms with Gasteiger partial charge in [0, 0.05) is 15.8 Å². The molecule has 8 nitrogen and oxygen atoms in total. The van der Waals surface area contributed by atoms with Crippen molar-refractivity contribution in [1.82, 2.24) is 0 Å². The number of azo groups is 1. The molecule has 0 radical (unpaired) electrons. The number of rotatable bonds is 3. The molecule has 10 heteroatoms. The predicted octanol–water partition coefficient (Wildman–Crippen LogP) is 4.27. The maximum absolute atomic E-state index is 11.3. The summed E-state index contributed by atoms with van der Waals surface area (Å²) in [6.07, 6.45) is 0. The largest absolute Gasteiger partial charge is 0.507 e. The van der Waals surface area contributed by atoms with Gasteiger partial charge < -0.3 is 15.3 Å². The maximum Gasteiger partial charge on any atom is 0.298 e. The molecule has 3 aromatic rings. The van der Waals surface area contributed by atoms with Crippen molar-refractivity contribution in [1.29, 1.82) is 0 Å². The van der Waals surface area contributed by atoms with E-state index in [-0.39, 0.29) is 27.9 Å². The summed E-state index contributed by atoms with van der Waals surface area (Å²) in [5, 5.41) is 38.1. The first-order chi connectivity index (χ1) is 12.2. The van der Waals surface area contributed by atoms with Crippen molar-refractivity contribution in [2.24, 2.45) is 10.2 Å². The van der Waals surface area contributed by atoms with Gasteiger partial charge in [0.1, 0.15) is 22.0 Å². The van der Waals surface area contributed by atoms with E-state index < -0.39 is 20.8 Å². The Morgan fingerprint density at radius 1 is 0.846 bits per heavy atom. The van der Waals surface area contributed by atoms with Crippen LogP contribution in [0, 0.1) is 0 Å². The zero-order valence-corrected chi connectivity index (χ0v) is 14.4. The molecule has 0 fully saturated rings. The van der Waals surface area contributed by atoms with Gasteiger partial charge >= 0.3 is 0 Å². The third kappa shape index (κ3) is 3.27. The Kier molecular flexibility index (Phi) is 4.45. The third-order valence-corrected chi connectivity index (χ3v) is 4.64. The van der Waals surface area contributed by atoms with Crippen LogP contribution in [0.3, 0.4) is 0 Å². The number of phenols is 3. The molecule has 0 bridgehead atoms. The third-order valence-electron chi connectivity index (χ3n) is 3.55. The van der Waals surface area contributed by atoms with E-state index in [1.54, 1.807) is 12.1 Å². The first-order valence-corrected chi connectivity index (χ1v) is 8.85. The van der Waals surface area contributed by atoms with Crippen molar-refractivity contribution in [2.45, 2.75) is 4.90 Å². The van der Waals surface area contributed by atoms with Gasteiger partial charge in [0.2, 0.25) is 0 Å². The molecule has 0 amide bonds. The normalized spacial score (nSPS) is 12.1. The Hall–Kier alpha value is -2.88. The van der Waals surface area contributed by atoms with Gasteiger partial charge in [-0.1, -0.05) is 23.7 Å². The Balaban J connectivity index is 2.10. The number of hydrogen-bond acceptors (Lipinski definition) is 7. The molecule has 0 aliphatic heterocycles. The predicted molar refractivity (Wildman–Crippen MR) is 94.4 cm³/mol. The lowest BCUT2D eigenvalue weighted by Gasteiger charge is -2.06. The highest BCUT2D eigenvalue weighted by atomic mass is 35.5. The molecule has 0 atom stereocenters.